The van der Waals surface area contributed by atoms with Crippen LogP contribution in [0.15, 0.2) is 49.3 Å². The number of nitrogen functional groups attached to an aromatic ring is 1. The van der Waals surface area contributed by atoms with E-state index in [-0.39, 0.29) is 5.82 Å². The maximum Gasteiger partial charge on any atom is 0.142 e. The monoisotopic (exact) mass is 283 g/mol. The van der Waals surface area contributed by atoms with Crippen LogP contribution in [0.1, 0.15) is 0 Å². The van der Waals surface area contributed by atoms with E-state index in [1.165, 1.54) is 6.33 Å². The fourth-order valence-corrected chi connectivity index (χ4v) is 2.05. The normalized spacial score (nSPS) is 10.4. The van der Waals surface area contributed by atoms with Crippen LogP contribution in [0.5, 0.6) is 0 Å². The van der Waals surface area contributed by atoms with Gasteiger partial charge in [-0.05, 0) is 23.8 Å². The maximum atomic E-state index is 6.09. The summed E-state index contributed by atoms with van der Waals surface area (Å²) in [7, 11) is 0. The van der Waals surface area contributed by atoms with Gasteiger partial charge in [0.15, 0.2) is 0 Å². The highest BCUT2D eigenvalue weighted by Gasteiger charge is 2.13. The molecule has 2 N–H and O–H groups in total. The Labute approximate surface area is 120 Å². The largest absolute Gasteiger partial charge is 0.382 e. The number of anilines is 1. The van der Waals surface area contributed by atoms with E-state index in [0.717, 1.165) is 16.7 Å². The van der Waals surface area contributed by atoms with Crippen molar-refractivity contribution in [1.29, 1.82) is 0 Å². The van der Waals surface area contributed by atoms with Crippen LogP contribution in [0.25, 0.3) is 22.4 Å². The summed E-state index contributed by atoms with van der Waals surface area (Å²) in [6, 6.07) is 5.56. The van der Waals surface area contributed by atoms with Crippen molar-refractivity contribution < 1.29 is 0 Å². The van der Waals surface area contributed by atoms with Crippen LogP contribution in [0.3, 0.4) is 0 Å². The lowest BCUT2D eigenvalue weighted by molar-refractivity contribution is 1.16. The molecule has 98 valence electrons. The molecule has 0 aliphatic carbocycles. The lowest BCUT2D eigenvalue weighted by Gasteiger charge is -2.10. The van der Waals surface area contributed by atoms with Gasteiger partial charge in [0.2, 0.25) is 0 Å². The van der Waals surface area contributed by atoms with Crippen molar-refractivity contribution >= 4 is 17.4 Å². The van der Waals surface area contributed by atoms with E-state index < -0.39 is 0 Å². The first-order valence-electron chi connectivity index (χ1n) is 5.87. The predicted molar refractivity (Wildman–Crippen MR) is 77.9 cm³/mol. The molecular weight excluding hydrogens is 274 g/mol. The number of hydrogen-bond donors (Lipinski definition) is 1. The molecule has 0 bridgehead atoms. The summed E-state index contributed by atoms with van der Waals surface area (Å²) in [5.41, 5.74) is 9.10. The van der Waals surface area contributed by atoms with Gasteiger partial charge in [-0.15, -0.1) is 0 Å². The van der Waals surface area contributed by atoms with Gasteiger partial charge in [0.05, 0.1) is 10.7 Å². The quantitative estimate of drug-likeness (QED) is 0.782. The van der Waals surface area contributed by atoms with Crippen LogP contribution in [-0.2, 0) is 0 Å². The number of nitrogens with zero attached hydrogens (tertiary/aromatic N) is 4. The zero-order chi connectivity index (χ0) is 13.9. The van der Waals surface area contributed by atoms with Crippen LogP contribution in [0.2, 0.25) is 5.02 Å². The Hall–Kier alpha value is -2.53. The molecule has 0 fully saturated rings. The molecule has 0 saturated heterocycles. The molecule has 0 unspecified atom stereocenters. The van der Waals surface area contributed by atoms with E-state index in [0.29, 0.717) is 10.7 Å². The van der Waals surface area contributed by atoms with Gasteiger partial charge in [-0.25, -0.2) is 15.0 Å². The van der Waals surface area contributed by atoms with Gasteiger partial charge in [-0.2, -0.15) is 0 Å². The Bertz CT molecular complexity index is 667. The molecule has 0 aliphatic rings. The van der Waals surface area contributed by atoms with Crippen molar-refractivity contribution in [1.82, 2.24) is 19.9 Å². The molecule has 0 radical (unpaired) electrons. The molecule has 3 aromatic rings. The summed E-state index contributed by atoms with van der Waals surface area (Å²) in [5.74, 6) is 0.281. The summed E-state index contributed by atoms with van der Waals surface area (Å²) < 4.78 is 0. The minimum absolute atomic E-state index is 0.281. The van der Waals surface area contributed by atoms with Crippen LogP contribution in [0, 0.1) is 0 Å². The summed E-state index contributed by atoms with van der Waals surface area (Å²) in [6.45, 7) is 0. The van der Waals surface area contributed by atoms with Crippen molar-refractivity contribution in [3.8, 4) is 22.4 Å². The standard InChI is InChI=1S/C14H10ClN5/c15-12-5-11(9-1-3-17-4-2-9)13(20-14(12)16)10-6-18-8-19-7-10/h1-8H,(H2,16,20). The Kier molecular flexibility index (Phi) is 3.26. The molecule has 0 saturated carbocycles. The van der Waals surface area contributed by atoms with Gasteiger partial charge in [0.25, 0.3) is 0 Å². The summed E-state index contributed by atoms with van der Waals surface area (Å²) in [4.78, 5) is 16.4. The number of rotatable bonds is 2. The van der Waals surface area contributed by atoms with Crippen LogP contribution in [-0.4, -0.2) is 19.9 Å². The third-order valence-electron chi connectivity index (χ3n) is 2.83. The molecule has 0 aliphatic heterocycles. The van der Waals surface area contributed by atoms with E-state index in [4.69, 9.17) is 17.3 Å². The zero-order valence-corrected chi connectivity index (χ0v) is 11.1. The van der Waals surface area contributed by atoms with Crippen molar-refractivity contribution in [2.24, 2.45) is 0 Å². The van der Waals surface area contributed by atoms with Gasteiger partial charge in [0, 0.05) is 35.9 Å². The number of nitrogens with two attached hydrogens (primary N) is 1. The van der Waals surface area contributed by atoms with Gasteiger partial charge in [-0.1, -0.05) is 11.6 Å². The Morgan fingerprint density at radius 3 is 2.35 bits per heavy atom. The van der Waals surface area contributed by atoms with Crippen molar-refractivity contribution in [3.05, 3.63) is 54.3 Å². The number of halogens is 1. The smallest absolute Gasteiger partial charge is 0.142 e. The third kappa shape index (κ3) is 2.31. The average molecular weight is 284 g/mol. The first-order valence-corrected chi connectivity index (χ1v) is 6.25. The minimum Gasteiger partial charge on any atom is -0.382 e. The SMILES string of the molecule is Nc1nc(-c2cncnc2)c(-c2ccncc2)cc1Cl. The molecule has 0 aromatic carbocycles. The molecule has 3 rings (SSSR count). The summed E-state index contributed by atoms with van der Waals surface area (Å²) in [5, 5.41) is 0.414. The average Bonchev–Trinajstić information content (AvgIpc) is 2.51. The molecular formula is C14H10ClN5. The van der Waals surface area contributed by atoms with Crippen LogP contribution >= 0.6 is 11.6 Å². The fraction of sp³-hybridized carbons (Fsp3) is 0. The first kappa shape index (κ1) is 12.5. The number of aromatic nitrogens is 4. The lowest BCUT2D eigenvalue weighted by Crippen LogP contribution is -1.97. The van der Waals surface area contributed by atoms with E-state index in [1.54, 1.807) is 30.9 Å². The minimum atomic E-state index is 0.281. The molecule has 0 atom stereocenters. The Balaban J connectivity index is 2.26. The van der Waals surface area contributed by atoms with E-state index in [9.17, 15) is 0 Å². The topological polar surface area (TPSA) is 77.6 Å². The molecule has 0 spiro atoms. The van der Waals surface area contributed by atoms with Crippen molar-refractivity contribution in [2.45, 2.75) is 0 Å². The zero-order valence-electron chi connectivity index (χ0n) is 10.4. The molecule has 3 aromatic heterocycles. The maximum absolute atomic E-state index is 6.09. The second-order valence-electron chi connectivity index (χ2n) is 4.11. The lowest BCUT2D eigenvalue weighted by atomic mass is 10.0. The number of pyridine rings is 2. The predicted octanol–water partition coefficient (Wildman–Crippen LogP) is 2.84. The second kappa shape index (κ2) is 5.22. The van der Waals surface area contributed by atoms with Gasteiger partial charge in [0.1, 0.15) is 12.1 Å². The van der Waals surface area contributed by atoms with E-state index >= 15 is 0 Å². The number of hydrogen-bond acceptors (Lipinski definition) is 5. The van der Waals surface area contributed by atoms with Crippen molar-refractivity contribution in [3.63, 3.8) is 0 Å². The van der Waals surface area contributed by atoms with Gasteiger partial charge in [-0.3, -0.25) is 4.98 Å². The first-order chi connectivity index (χ1) is 9.75. The van der Waals surface area contributed by atoms with Crippen LogP contribution in [0.4, 0.5) is 5.82 Å². The highest BCUT2D eigenvalue weighted by molar-refractivity contribution is 6.33. The summed E-state index contributed by atoms with van der Waals surface area (Å²) >= 11 is 6.09. The van der Waals surface area contributed by atoms with E-state index in [1.807, 2.05) is 12.1 Å². The molecule has 3 heterocycles. The van der Waals surface area contributed by atoms with Crippen molar-refractivity contribution in [2.75, 3.05) is 5.73 Å². The van der Waals surface area contributed by atoms with Gasteiger partial charge < -0.3 is 5.73 Å². The fourth-order valence-electron chi connectivity index (χ4n) is 1.90. The summed E-state index contributed by atoms with van der Waals surface area (Å²) in [6.07, 6.45) is 8.27. The highest BCUT2D eigenvalue weighted by Crippen LogP contribution is 2.33. The Morgan fingerprint density at radius 1 is 0.950 bits per heavy atom. The molecule has 6 heteroatoms. The van der Waals surface area contributed by atoms with Crippen LogP contribution < -0.4 is 5.73 Å². The Morgan fingerprint density at radius 2 is 1.65 bits per heavy atom. The molecule has 0 amide bonds. The second-order valence-corrected chi connectivity index (χ2v) is 4.52. The third-order valence-corrected chi connectivity index (χ3v) is 3.13. The van der Waals surface area contributed by atoms with Gasteiger partial charge >= 0.3 is 0 Å². The molecule has 5 nitrogen and oxygen atoms in total. The highest BCUT2D eigenvalue weighted by atomic mass is 35.5. The van der Waals surface area contributed by atoms with E-state index in [2.05, 4.69) is 19.9 Å². The molecule has 20 heavy (non-hydrogen) atoms.